The molecule has 0 fully saturated rings. The van der Waals surface area contributed by atoms with Gasteiger partial charge in [-0.05, 0) is 0 Å². The molecule has 0 aliphatic carbocycles. The second kappa shape index (κ2) is 24.0. The molecule has 32 valence electrons. The van der Waals surface area contributed by atoms with Gasteiger partial charge in [0.2, 0.25) is 0 Å². The van der Waals surface area contributed by atoms with E-state index in [1.807, 2.05) is 0 Å². The number of halogens is 4. The molecule has 0 aromatic heterocycles. The number of hydrogen-bond donors (Lipinski definition) is 0. The third-order valence-electron chi connectivity index (χ3n) is 0. The van der Waals surface area contributed by atoms with Gasteiger partial charge in [0.15, 0.2) is 0 Å². The first-order valence-corrected chi connectivity index (χ1v) is 0. The molecule has 0 N–H and O–H groups in total. The molecule has 0 aliphatic rings. The standard InChI is InChI=1S/2BrH.2ClH/h4*1H. The molecule has 0 saturated heterocycles. The molecule has 0 atom stereocenters. The van der Waals surface area contributed by atoms with Crippen molar-refractivity contribution in [2.45, 2.75) is 0 Å². The van der Waals surface area contributed by atoms with Crippen LogP contribution in [0.25, 0.3) is 0 Å². The molecule has 0 amide bonds. The van der Waals surface area contributed by atoms with Crippen molar-refractivity contribution in [2.24, 2.45) is 0 Å². The van der Waals surface area contributed by atoms with Crippen molar-refractivity contribution >= 4 is 58.8 Å². The third-order valence-corrected chi connectivity index (χ3v) is 0. The summed E-state index contributed by atoms with van der Waals surface area (Å²) in [5.74, 6) is 0. The van der Waals surface area contributed by atoms with Crippen LogP contribution in [0, 0.1) is 0 Å². The van der Waals surface area contributed by atoms with E-state index in [0.717, 1.165) is 0 Å². The van der Waals surface area contributed by atoms with Crippen molar-refractivity contribution < 1.29 is 0 Å². The summed E-state index contributed by atoms with van der Waals surface area (Å²) in [6.45, 7) is 0. The van der Waals surface area contributed by atoms with Crippen LogP contribution in [0.1, 0.15) is 0 Å². The van der Waals surface area contributed by atoms with Gasteiger partial charge < -0.3 is 0 Å². The van der Waals surface area contributed by atoms with Crippen LogP contribution in [0.15, 0.2) is 0 Å². The van der Waals surface area contributed by atoms with E-state index >= 15 is 0 Å². The monoisotopic (exact) mass is 232 g/mol. The maximum Gasteiger partial charge on any atom is -0.114 e. The van der Waals surface area contributed by atoms with E-state index in [9.17, 15) is 0 Å². The molecule has 0 aliphatic heterocycles. The summed E-state index contributed by atoms with van der Waals surface area (Å²) in [7, 11) is 0. The van der Waals surface area contributed by atoms with Gasteiger partial charge in [0.25, 0.3) is 0 Å². The van der Waals surface area contributed by atoms with Crippen molar-refractivity contribution in [1.82, 2.24) is 0 Å². The summed E-state index contributed by atoms with van der Waals surface area (Å²) in [4.78, 5) is 0. The smallest absolute Gasteiger partial charge is 0.114 e. The van der Waals surface area contributed by atoms with Crippen LogP contribution in [0.4, 0.5) is 0 Å². The van der Waals surface area contributed by atoms with Crippen LogP contribution in [-0.2, 0) is 0 Å². The van der Waals surface area contributed by atoms with Crippen LogP contribution >= 0.6 is 58.8 Å². The third kappa shape index (κ3) is 9.63. The summed E-state index contributed by atoms with van der Waals surface area (Å²) < 4.78 is 0. The molecule has 0 saturated carbocycles. The van der Waals surface area contributed by atoms with E-state index in [0.29, 0.717) is 0 Å². The van der Waals surface area contributed by atoms with Gasteiger partial charge in [-0.3, -0.25) is 0 Å². The lowest BCUT2D eigenvalue weighted by Crippen LogP contribution is 0.689. The Kier molecular flexibility index (Phi) is 289. The molecular formula is H4Br2Cl2. The lowest BCUT2D eigenvalue weighted by molar-refractivity contribution is 5.85. The Morgan fingerprint density at radius 3 is 0.500 bits per heavy atom. The van der Waals surface area contributed by atoms with Gasteiger partial charge in [-0.15, -0.1) is 58.8 Å². The molecule has 0 nitrogen and oxygen atoms in total. The van der Waals surface area contributed by atoms with Gasteiger partial charge in [-0.25, -0.2) is 0 Å². The molecule has 4 heavy (non-hydrogen) atoms. The van der Waals surface area contributed by atoms with Gasteiger partial charge in [0, 0.05) is 0 Å². The Hall–Kier alpha value is 1.54. The number of rotatable bonds is 0. The highest BCUT2D eigenvalue weighted by atomic mass is 79.9. The first-order valence-electron chi connectivity index (χ1n) is 0. The van der Waals surface area contributed by atoms with E-state index < -0.39 is 0 Å². The van der Waals surface area contributed by atoms with Crippen molar-refractivity contribution in [1.29, 1.82) is 0 Å². The van der Waals surface area contributed by atoms with E-state index in [-0.39, 0.29) is 58.8 Å². The Labute approximate surface area is 58.7 Å². The van der Waals surface area contributed by atoms with E-state index in [2.05, 4.69) is 0 Å². The largest absolute Gasteiger partial charge is 0.147 e. The maximum atomic E-state index is 0. The minimum atomic E-state index is 0. The van der Waals surface area contributed by atoms with E-state index in [4.69, 9.17) is 0 Å². The highest BCUT2D eigenvalue weighted by Gasteiger charge is -0.112. The van der Waals surface area contributed by atoms with Gasteiger partial charge in [0.05, 0.1) is 0 Å². The van der Waals surface area contributed by atoms with Crippen molar-refractivity contribution in [3.05, 3.63) is 0 Å². The molecule has 0 unspecified atom stereocenters. The molecule has 0 rings (SSSR count). The van der Waals surface area contributed by atoms with Gasteiger partial charge in [0.1, 0.15) is 0 Å². The highest BCUT2D eigenvalue weighted by Crippen LogP contribution is 0.847. The van der Waals surface area contributed by atoms with Gasteiger partial charge >= 0.3 is 0 Å². The quantitative estimate of drug-likeness (QED) is 0.602. The fraction of sp³-hybridized carbons (Fsp3) is 0. The molecule has 0 aromatic rings. The van der Waals surface area contributed by atoms with Crippen LogP contribution in [-0.4, -0.2) is 0 Å². The molecular weight excluding hydrogens is 231 g/mol. The highest BCUT2D eigenvalue weighted by molar-refractivity contribution is 8.93. The minimum Gasteiger partial charge on any atom is -0.147 e. The zero-order valence-corrected chi connectivity index (χ0v) is 6.69. The lowest BCUT2D eigenvalue weighted by atomic mass is 35.5. The fourth-order valence-corrected chi connectivity index (χ4v) is 0. The van der Waals surface area contributed by atoms with Crippen LogP contribution in [0.5, 0.6) is 0 Å². The molecule has 0 heterocycles. The normalized spacial score (nSPS) is 0. The number of hydrogen-bond acceptors (Lipinski definition) is 0. The second-order valence-corrected chi connectivity index (χ2v) is 0. The topological polar surface area (TPSA) is 0 Å². The summed E-state index contributed by atoms with van der Waals surface area (Å²) >= 11 is 0. The van der Waals surface area contributed by atoms with E-state index in [1.54, 1.807) is 0 Å². The summed E-state index contributed by atoms with van der Waals surface area (Å²) in [5, 5.41) is 0. The van der Waals surface area contributed by atoms with Crippen LogP contribution in [0.3, 0.4) is 0 Å². The van der Waals surface area contributed by atoms with Crippen molar-refractivity contribution in [3.63, 3.8) is 0 Å². The average molecular weight is 235 g/mol. The molecule has 0 aromatic carbocycles. The molecule has 0 bridgehead atoms. The van der Waals surface area contributed by atoms with E-state index in [1.165, 1.54) is 0 Å². The minimum absolute atomic E-state index is 0. The molecule has 0 spiro atoms. The lowest BCUT2D eigenvalue weighted by Gasteiger charge is -0.148. The zero-order valence-electron chi connectivity index (χ0n) is 1.63. The summed E-state index contributed by atoms with van der Waals surface area (Å²) in [5.41, 5.74) is 0. The fourth-order valence-electron chi connectivity index (χ4n) is 0. The van der Waals surface area contributed by atoms with Crippen molar-refractivity contribution in [2.75, 3.05) is 0 Å². The van der Waals surface area contributed by atoms with Crippen molar-refractivity contribution in [3.8, 4) is 0 Å². The predicted octanol–water partition coefficient (Wildman–Crippen LogP) is 2.00. The molecule has 0 radical (unpaired) electrons. The van der Waals surface area contributed by atoms with Crippen LogP contribution in [0.2, 0.25) is 0 Å². The first kappa shape index (κ1) is 48.1. The Balaban J connectivity index is 0. The zero-order chi connectivity index (χ0) is 0. The van der Waals surface area contributed by atoms with Gasteiger partial charge in [-0.2, -0.15) is 0 Å². The summed E-state index contributed by atoms with van der Waals surface area (Å²) in [6.07, 6.45) is 0. The summed E-state index contributed by atoms with van der Waals surface area (Å²) in [6, 6.07) is 0. The Morgan fingerprint density at radius 1 is 0.500 bits per heavy atom. The SMILES string of the molecule is Br.Br.Cl.Cl. The predicted molar refractivity (Wildman–Crippen MR) is 35.1 cm³/mol. The van der Waals surface area contributed by atoms with Crippen LogP contribution < -0.4 is 0 Å². The average Bonchev–Trinajstić information content (AvgIpc) is 0. The second-order valence-electron chi connectivity index (χ2n) is 0. The van der Waals surface area contributed by atoms with Gasteiger partial charge in [-0.1, -0.05) is 0 Å². The molecule has 4 heteroatoms. The first-order chi connectivity index (χ1) is 0. The Morgan fingerprint density at radius 2 is 0.500 bits per heavy atom. The maximum absolute atomic E-state index is 0. The Bertz CT molecular complexity index is 4.00.